The molecule has 15 atom stereocenters. The molecule has 3 aliphatic heterocycles. The molecule has 3 saturated heterocycles. The summed E-state index contributed by atoms with van der Waals surface area (Å²) in [5.41, 5.74) is -2.84. The smallest absolute Gasteiger partial charge is 0.338 e. The zero-order valence-electron chi connectivity index (χ0n) is 33.3. The maximum Gasteiger partial charge on any atom is 0.338 e. The van der Waals surface area contributed by atoms with Crippen LogP contribution in [0, 0.1) is 23.6 Å². The molecular formula is C39H63FN2O12. The molecule has 4 rings (SSSR count). The van der Waals surface area contributed by atoms with Crippen molar-refractivity contribution < 1.29 is 63.2 Å². The van der Waals surface area contributed by atoms with Crippen LogP contribution in [0.2, 0.25) is 0 Å². The number of rotatable bonds is 9. The lowest BCUT2D eigenvalue weighted by Crippen LogP contribution is -2.59. The summed E-state index contributed by atoms with van der Waals surface area (Å²) in [4.78, 5) is 29.8. The van der Waals surface area contributed by atoms with E-state index in [4.69, 9.17) is 23.7 Å². The molecule has 15 heteroatoms. The van der Waals surface area contributed by atoms with Crippen LogP contribution in [0.1, 0.15) is 85.0 Å². The number of halogens is 1. The predicted molar refractivity (Wildman–Crippen MR) is 194 cm³/mol. The Hall–Kier alpha value is -2.31. The fraction of sp³-hybridized carbons (Fsp3) is 0.795. The van der Waals surface area contributed by atoms with E-state index in [0.717, 1.165) is 12.1 Å². The van der Waals surface area contributed by atoms with E-state index in [2.05, 4.69) is 0 Å². The van der Waals surface area contributed by atoms with E-state index in [0.29, 0.717) is 19.4 Å². The lowest BCUT2D eigenvalue weighted by molar-refractivity contribution is -0.287. The van der Waals surface area contributed by atoms with Gasteiger partial charge in [-0.05, 0) is 98.2 Å². The standard InChI is InChI=1S/C39H63FN2O12/c1-11-30-38(8,48)32(45)25(6)41(9)18-21(2)17-37(7)33(23(4)39(49,54-37)24(5)34(46)52-30)53-36-31(44)29(16-22(3)51-36)42(10)19-28(43)20-50-35(47)26-12-14-27(40)15-13-26/h12-15,21-25,28-33,36,43-45,48-49H,11,16-20H2,1-10H3/t21-,22-,23-,24+,25-,28?,29+,30-,31?,32-,33-,36+,37-,38-,39?/m1/s1. The molecule has 1 aromatic rings. The highest BCUT2D eigenvalue weighted by molar-refractivity contribution is 5.89. The molecule has 0 saturated carbocycles. The summed E-state index contributed by atoms with van der Waals surface area (Å²) in [6, 6.07) is 3.80. The second-order valence-corrected chi connectivity index (χ2v) is 16.5. The van der Waals surface area contributed by atoms with Gasteiger partial charge in [0.15, 0.2) is 12.1 Å². The molecule has 54 heavy (non-hydrogen) atoms. The summed E-state index contributed by atoms with van der Waals surface area (Å²) in [6.07, 6.45) is -6.22. The lowest BCUT2D eigenvalue weighted by atomic mass is 9.80. The van der Waals surface area contributed by atoms with Gasteiger partial charge in [-0.2, -0.15) is 0 Å². The summed E-state index contributed by atoms with van der Waals surface area (Å²) in [7, 11) is 3.55. The average molecular weight is 771 g/mol. The van der Waals surface area contributed by atoms with Crippen molar-refractivity contribution in [2.24, 2.45) is 17.8 Å². The number of aliphatic hydroxyl groups excluding tert-OH is 3. The van der Waals surface area contributed by atoms with Crippen LogP contribution in [0.3, 0.4) is 0 Å². The number of ether oxygens (including phenoxy) is 5. The zero-order valence-corrected chi connectivity index (χ0v) is 33.3. The van der Waals surface area contributed by atoms with E-state index in [1.54, 1.807) is 39.6 Å². The van der Waals surface area contributed by atoms with Gasteiger partial charge < -0.3 is 54.1 Å². The van der Waals surface area contributed by atoms with Crippen LogP contribution < -0.4 is 0 Å². The van der Waals surface area contributed by atoms with Gasteiger partial charge in [-0.1, -0.05) is 20.8 Å². The van der Waals surface area contributed by atoms with Crippen LogP contribution in [0.4, 0.5) is 4.39 Å². The number of hydrogen-bond donors (Lipinski definition) is 5. The Labute approximate surface area is 318 Å². The van der Waals surface area contributed by atoms with E-state index in [1.165, 1.54) is 26.0 Å². The van der Waals surface area contributed by atoms with Gasteiger partial charge in [-0.25, -0.2) is 9.18 Å². The Kier molecular flexibility index (Phi) is 14.3. The number of cyclic esters (lactones) is 1. The minimum atomic E-state index is -2.08. The number of carbonyl (C=O) groups is 2. The van der Waals surface area contributed by atoms with Crippen LogP contribution >= 0.6 is 0 Å². The Balaban J connectivity index is 1.55. The fourth-order valence-electron chi connectivity index (χ4n) is 8.62. The molecule has 308 valence electrons. The molecule has 5 N–H and O–H groups in total. The number of hydrogen-bond acceptors (Lipinski definition) is 14. The van der Waals surface area contributed by atoms with Crippen LogP contribution in [0.15, 0.2) is 24.3 Å². The summed E-state index contributed by atoms with van der Waals surface area (Å²) in [5, 5.41) is 57.5. The Morgan fingerprint density at radius 3 is 2.35 bits per heavy atom. The van der Waals surface area contributed by atoms with Crippen molar-refractivity contribution in [3.8, 4) is 0 Å². The van der Waals surface area contributed by atoms with Crippen molar-refractivity contribution in [1.29, 1.82) is 0 Å². The SMILES string of the molecule is CC[C@H]1OC(=O)[C@H](C)C2(O)O[C@](C)(C[C@@H](C)CN(C)[C@H](C)[C@@H](O)[C@]1(C)O)[C@H](O[C@@H]1O[C@H](C)C[C@H](N(C)CC(O)COC(=O)c3ccc(F)cc3)C1O)[C@H]2C. The zero-order chi connectivity index (χ0) is 40.5. The Morgan fingerprint density at radius 2 is 1.74 bits per heavy atom. The number of likely N-dealkylation sites (N-methyl/N-ethyl adjacent to an activating group) is 2. The van der Waals surface area contributed by atoms with Crippen LogP contribution in [0.25, 0.3) is 0 Å². The van der Waals surface area contributed by atoms with Crippen molar-refractivity contribution in [2.75, 3.05) is 33.8 Å². The van der Waals surface area contributed by atoms with Crippen LogP contribution in [0.5, 0.6) is 0 Å². The van der Waals surface area contributed by atoms with Crippen molar-refractivity contribution in [1.82, 2.24) is 9.80 Å². The van der Waals surface area contributed by atoms with E-state index in [9.17, 15) is 39.5 Å². The molecule has 3 aliphatic rings. The Morgan fingerprint density at radius 1 is 1.11 bits per heavy atom. The highest BCUT2D eigenvalue weighted by Crippen LogP contribution is 2.50. The molecule has 0 radical (unpaired) electrons. The minimum absolute atomic E-state index is 0.0295. The van der Waals surface area contributed by atoms with Crippen molar-refractivity contribution >= 4 is 11.9 Å². The first-order chi connectivity index (χ1) is 25.0. The molecule has 1 aromatic carbocycles. The molecule has 2 bridgehead atoms. The van der Waals surface area contributed by atoms with Gasteiger partial charge in [0.1, 0.15) is 48.4 Å². The molecule has 0 aliphatic carbocycles. The first kappa shape index (κ1) is 44.4. The van der Waals surface area contributed by atoms with Gasteiger partial charge in [0.05, 0.1) is 23.4 Å². The van der Waals surface area contributed by atoms with E-state index in [1.807, 2.05) is 25.8 Å². The number of benzene rings is 1. The number of fused-ring (bicyclic) bond motifs is 2. The Bertz CT molecular complexity index is 1420. The van der Waals surface area contributed by atoms with Crippen molar-refractivity contribution in [2.45, 2.75) is 147 Å². The van der Waals surface area contributed by atoms with E-state index < -0.39 is 102 Å². The third-order valence-electron chi connectivity index (χ3n) is 11.9. The number of esters is 2. The maximum absolute atomic E-state index is 13.7. The average Bonchev–Trinajstić information content (AvgIpc) is 3.29. The lowest BCUT2D eigenvalue weighted by Gasteiger charge is -2.45. The molecule has 0 spiro atoms. The molecule has 3 fully saturated rings. The van der Waals surface area contributed by atoms with Crippen LogP contribution in [-0.2, 0) is 28.5 Å². The van der Waals surface area contributed by atoms with Crippen molar-refractivity contribution in [3.05, 3.63) is 35.6 Å². The van der Waals surface area contributed by atoms with Crippen LogP contribution in [-0.4, -0.2) is 153 Å². The summed E-state index contributed by atoms with van der Waals surface area (Å²) >= 11 is 0. The molecular weight excluding hydrogens is 707 g/mol. The number of nitrogens with zero attached hydrogens (tertiary/aromatic N) is 2. The molecule has 3 unspecified atom stereocenters. The van der Waals surface area contributed by atoms with Gasteiger partial charge in [0.25, 0.3) is 0 Å². The summed E-state index contributed by atoms with van der Waals surface area (Å²) in [6.45, 7) is 14.0. The van der Waals surface area contributed by atoms with Gasteiger partial charge >= 0.3 is 11.9 Å². The fourth-order valence-corrected chi connectivity index (χ4v) is 8.62. The maximum atomic E-state index is 13.7. The highest BCUT2D eigenvalue weighted by atomic mass is 19.1. The van der Waals surface area contributed by atoms with Gasteiger partial charge in [0, 0.05) is 31.1 Å². The highest BCUT2D eigenvalue weighted by Gasteiger charge is 2.64. The molecule has 3 heterocycles. The number of carbonyl (C=O) groups excluding carboxylic acids is 2. The first-order valence-corrected chi connectivity index (χ1v) is 19.1. The normalized spacial score (nSPS) is 41.9. The molecule has 14 nitrogen and oxygen atoms in total. The topological polar surface area (TPSA) is 188 Å². The summed E-state index contributed by atoms with van der Waals surface area (Å²) in [5.74, 6) is -6.28. The van der Waals surface area contributed by atoms with Gasteiger partial charge in [-0.3, -0.25) is 9.69 Å². The minimum Gasteiger partial charge on any atom is -0.459 e. The van der Waals surface area contributed by atoms with E-state index in [-0.39, 0.29) is 31.1 Å². The summed E-state index contributed by atoms with van der Waals surface area (Å²) < 4.78 is 43.6. The quantitative estimate of drug-likeness (QED) is 0.230. The molecule has 0 aromatic heterocycles. The third kappa shape index (κ3) is 9.44. The first-order valence-electron chi connectivity index (χ1n) is 19.1. The number of aliphatic hydroxyl groups is 5. The second-order valence-electron chi connectivity index (χ2n) is 16.5. The molecule has 0 amide bonds. The van der Waals surface area contributed by atoms with Crippen molar-refractivity contribution in [3.63, 3.8) is 0 Å². The van der Waals surface area contributed by atoms with Gasteiger partial charge in [-0.15, -0.1) is 0 Å². The second kappa shape index (κ2) is 17.5. The predicted octanol–water partition coefficient (Wildman–Crippen LogP) is 2.07. The van der Waals surface area contributed by atoms with Gasteiger partial charge in [0.2, 0.25) is 0 Å². The van der Waals surface area contributed by atoms with E-state index >= 15 is 0 Å². The largest absolute Gasteiger partial charge is 0.459 e. The third-order valence-corrected chi connectivity index (χ3v) is 11.9. The monoisotopic (exact) mass is 770 g/mol.